The zero-order valence-electron chi connectivity index (χ0n) is 18.3. The Labute approximate surface area is 195 Å². The maximum atomic E-state index is 7.42. The number of nitrogens with one attached hydrogen (secondary N) is 2. The van der Waals surface area contributed by atoms with Crippen LogP contribution in [-0.4, -0.2) is 74.0 Å². The smallest absolute Gasteiger partial charge is 0.122 e. The lowest BCUT2D eigenvalue weighted by Gasteiger charge is -2.34. The standard InChI is InChI=1S/C23H32N6O2.ClH/c24-22(25)18-2-6-20(7-3-18)30-16-1-10-28-11-13-29(14-12-28)15-17-31-21-8-4-19(5-9-21)23(26)27;/h2-9H,1,10-17H2,(H3,24,25)(H3,26,27);1H. The second kappa shape index (κ2) is 12.9. The van der Waals surface area contributed by atoms with Gasteiger partial charge in [-0.05, 0) is 55.0 Å². The Hall–Kier alpha value is -2.81. The molecule has 174 valence electrons. The molecular formula is C23H33ClN6O2. The molecule has 0 unspecified atom stereocenters. The lowest BCUT2D eigenvalue weighted by molar-refractivity contribution is 0.112. The summed E-state index contributed by atoms with van der Waals surface area (Å²) in [4.78, 5) is 4.90. The quantitative estimate of drug-likeness (QED) is 0.231. The minimum Gasteiger partial charge on any atom is -0.494 e. The van der Waals surface area contributed by atoms with Crippen molar-refractivity contribution in [2.24, 2.45) is 11.5 Å². The number of benzene rings is 2. The van der Waals surface area contributed by atoms with Gasteiger partial charge in [0.05, 0.1) is 6.61 Å². The van der Waals surface area contributed by atoms with Crippen LogP contribution in [0.4, 0.5) is 0 Å². The summed E-state index contributed by atoms with van der Waals surface area (Å²) in [6.07, 6.45) is 0.980. The van der Waals surface area contributed by atoms with Gasteiger partial charge in [0.25, 0.3) is 0 Å². The Bertz CT molecular complexity index is 852. The van der Waals surface area contributed by atoms with E-state index in [0.29, 0.717) is 24.3 Å². The van der Waals surface area contributed by atoms with Crippen molar-refractivity contribution >= 4 is 24.1 Å². The van der Waals surface area contributed by atoms with E-state index in [1.807, 2.05) is 36.4 Å². The van der Waals surface area contributed by atoms with Crippen LogP contribution in [0.5, 0.6) is 11.5 Å². The van der Waals surface area contributed by atoms with E-state index in [1.54, 1.807) is 12.1 Å². The van der Waals surface area contributed by atoms with Crippen molar-refractivity contribution in [3.63, 3.8) is 0 Å². The van der Waals surface area contributed by atoms with E-state index in [9.17, 15) is 0 Å². The van der Waals surface area contributed by atoms with Crippen LogP contribution < -0.4 is 20.9 Å². The third-order valence-corrected chi connectivity index (χ3v) is 5.36. The van der Waals surface area contributed by atoms with Crippen molar-refractivity contribution in [2.45, 2.75) is 6.42 Å². The number of nitrogen functional groups attached to an aromatic ring is 2. The van der Waals surface area contributed by atoms with Crippen molar-refractivity contribution < 1.29 is 9.47 Å². The van der Waals surface area contributed by atoms with Crippen molar-refractivity contribution in [1.29, 1.82) is 10.8 Å². The normalized spacial score (nSPS) is 14.4. The molecule has 0 amide bonds. The van der Waals surface area contributed by atoms with Crippen LogP contribution in [0.2, 0.25) is 0 Å². The molecule has 0 aromatic heterocycles. The summed E-state index contributed by atoms with van der Waals surface area (Å²) in [6.45, 7) is 7.45. The van der Waals surface area contributed by atoms with E-state index >= 15 is 0 Å². The highest BCUT2D eigenvalue weighted by Gasteiger charge is 2.16. The van der Waals surface area contributed by atoms with Gasteiger partial charge in [0, 0.05) is 50.4 Å². The number of ether oxygens (including phenoxy) is 2. The molecule has 8 nitrogen and oxygen atoms in total. The molecule has 1 aliphatic rings. The third-order valence-electron chi connectivity index (χ3n) is 5.36. The molecular weight excluding hydrogens is 428 g/mol. The van der Waals surface area contributed by atoms with Gasteiger partial charge in [-0.25, -0.2) is 0 Å². The fourth-order valence-corrected chi connectivity index (χ4v) is 3.47. The summed E-state index contributed by atoms with van der Waals surface area (Å²) in [6, 6.07) is 14.7. The Morgan fingerprint density at radius 1 is 0.688 bits per heavy atom. The van der Waals surface area contributed by atoms with Gasteiger partial charge in [-0.15, -0.1) is 12.4 Å². The zero-order valence-corrected chi connectivity index (χ0v) is 19.1. The summed E-state index contributed by atoms with van der Waals surface area (Å²) in [7, 11) is 0. The average Bonchev–Trinajstić information content (AvgIpc) is 2.78. The van der Waals surface area contributed by atoms with Gasteiger partial charge >= 0.3 is 0 Å². The second-order valence-electron chi connectivity index (χ2n) is 7.61. The monoisotopic (exact) mass is 460 g/mol. The first-order valence-corrected chi connectivity index (χ1v) is 10.6. The number of nitrogens with zero attached hydrogens (tertiary/aromatic N) is 2. The van der Waals surface area contributed by atoms with Crippen LogP contribution in [0.3, 0.4) is 0 Å². The summed E-state index contributed by atoms with van der Waals surface area (Å²) in [5.74, 6) is 1.75. The van der Waals surface area contributed by atoms with Crippen LogP contribution in [0, 0.1) is 10.8 Å². The zero-order chi connectivity index (χ0) is 22.1. The van der Waals surface area contributed by atoms with E-state index in [2.05, 4.69) is 9.80 Å². The van der Waals surface area contributed by atoms with Gasteiger partial charge < -0.3 is 25.8 Å². The van der Waals surface area contributed by atoms with Gasteiger partial charge in [-0.2, -0.15) is 0 Å². The number of hydrogen-bond acceptors (Lipinski definition) is 6. The van der Waals surface area contributed by atoms with E-state index in [4.69, 9.17) is 31.8 Å². The number of amidine groups is 2. The van der Waals surface area contributed by atoms with Crippen LogP contribution in [-0.2, 0) is 0 Å². The molecule has 2 aromatic rings. The lowest BCUT2D eigenvalue weighted by atomic mass is 10.2. The van der Waals surface area contributed by atoms with E-state index < -0.39 is 0 Å². The molecule has 0 aliphatic carbocycles. The predicted octanol–water partition coefficient (Wildman–Crippen LogP) is 2.14. The van der Waals surface area contributed by atoms with Crippen molar-refractivity contribution in [3.8, 4) is 11.5 Å². The molecule has 0 saturated carbocycles. The molecule has 0 atom stereocenters. The summed E-state index contributed by atoms with van der Waals surface area (Å²) in [5.41, 5.74) is 12.3. The Morgan fingerprint density at radius 2 is 1.09 bits per heavy atom. The van der Waals surface area contributed by atoms with Crippen LogP contribution in [0.25, 0.3) is 0 Å². The minimum absolute atomic E-state index is 0. The molecule has 0 bridgehead atoms. The van der Waals surface area contributed by atoms with Gasteiger partial charge in [-0.3, -0.25) is 15.7 Å². The van der Waals surface area contributed by atoms with Gasteiger partial charge in [0.15, 0.2) is 0 Å². The predicted molar refractivity (Wildman–Crippen MR) is 131 cm³/mol. The number of nitrogens with two attached hydrogens (primary N) is 2. The minimum atomic E-state index is 0. The van der Waals surface area contributed by atoms with Crippen molar-refractivity contribution in [1.82, 2.24) is 9.80 Å². The highest BCUT2D eigenvalue weighted by atomic mass is 35.5. The third kappa shape index (κ3) is 8.03. The molecule has 6 N–H and O–H groups in total. The first-order chi connectivity index (χ1) is 15.0. The topological polar surface area (TPSA) is 125 Å². The Balaban J connectivity index is 0.00000363. The largest absolute Gasteiger partial charge is 0.494 e. The summed E-state index contributed by atoms with van der Waals surface area (Å²) < 4.78 is 11.6. The summed E-state index contributed by atoms with van der Waals surface area (Å²) in [5, 5.41) is 14.8. The number of piperazine rings is 1. The van der Waals surface area contributed by atoms with Gasteiger partial charge in [0.2, 0.25) is 0 Å². The fraction of sp³-hybridized carbons (Fsp3) is 0.391. The van der Waals surface area contributed by atoms with Crippen LogP contribution >= 0.6 is 12.4 Å². The molecule has 1 saturated heterocycles. The van der Waals surface area contributed by atoms with E-state index in [0.717, 1.165) is 57.2 Å². The van der Waals surface area contributed by atoms with E-state index in [1.165, 1.54) is 0 Å². The van der Waals surface area contributed by atoms with Crippen molar-refractivity contribution in [3.05, 3.63) is 59.7 Å². The molecule has 0 spiro atoms. The molecule has 1 heterocycles. The molecule has 1 fully saturated rings. The maximum Gasteiger partial charge on any atom is 0.122 e. The highest BCUT2D eigenvalue weighted by Crippen LogP contribution is 2.13. The maximum absolute atomic E-state index is 7.42. The van der Waals surface area contributed by atoms with Crippen LogP contribution in [0.1, 0.15) is 17.5 Å². The lowest BCUT2D eigenvalue weighted by Crippen LogP contribution is -2.47. The molecule has 1 aliphatic heterocycles. The van der Waals surface area contributed by atoms with Crippen molar-refractivity contribution in [2.75, 3.05) is 52.5 Å². The highest BCUT2D eigenvalue weighted by molar-refractivity contribution is 5.95. The van der Waals surface area contributed by atoms with Gasteiger partial charge in [0.1, 0.15) is 29.8 Å². The molecule has 32 heavy (non-hydrogen) atoms. The Kier molecular flexibility index (Phi) is 10.3. The molecule has 2 aromatic carbocycles. The van der Waals surface area contributed by atoms with E-state index in [-0.39, 0.29) is 24.1 Å². The first-order valence-electron chi connectivity index (χ1n) is 10.6. The first kappa shape index (κ1) is 25.5. The van der Waals surface area contributed by atoms with Crippen LogP contribution in [0.15, 0.2) is 48.5 Å². The number of hydrogen-bond donors (Lipinski definition) is 4. The number of rotatable bonds is 11. The molecule has 9 heteroatoms. The fourth-order valence-electron chi connectivity index (χ4n) is 3.47. The van der Waals surface area contributed by atoms with Gasteiger partial charge in [-0.1, -0.05) is 0 Å². The summed E-state index contributed by atoms with van der Waals surface area (Å²) >= 11 is 0. The molecule has 0 radical (unpaired) electrons. The second-order valence-corrected chi connectivity index (χ2v) is 7.61. The molecule has 3 rings (SSSR count). The SMILES string of the molecule is Cl.N=C(N)c1ccc(OCCCN2CCN(CCOc3ccc(C(=N)N)cc3)CC2)cc1. The number of halogens is 1. The average molecular weight is 461 g/mol. The Morgan fingerprint density at radius 3 is 1.53 bits per heavy atom.